The van der Waals surface area contributed by atoms with Gasteiger partial charge in [-0.2, -0.15) is 0 Å². The molecule has 1 aliphatic rings. The molecule has 0 saturated carbocycles. The lowest BCUT2D eigenvalue weighted by molar-refractivity contribution is 0.313. The normalized spacial score (nSPS) is 15.8. The van der Waals surface area contributed by atoms with Crippen molar-refractivity contribution in [2.45, 2.75) is 6.54 Å². The number of nitrogens with zero attached hydrogens (tertiary/aromatic N) is 2. The summed E-state index contributed by atoms with van der Waals surface area (Å²) in [5, 5.41) is 12.9. The molecule has 1 aliphatic heterocycles. The van der Waals surface area contributed by atoms with E-state index in [9.17, 15) is 5.11 Å². The Bertz CT molecular complexity index is 604. The highest BCUT2D eigenvalue weighted by Crippen LogP contribution is 2.20. The van der Waals surface area contributed by atoms with Crippen LogP contribution in [0.25, 0.3) is 0 Å². The molecule has 0 bridgehead atoms. The third kappa shape index (κ3) is 3.71. The summed E-state index contributed by atoms with van der Waals surface area (Å²) in [6, 6.07) is 15.9. The molecule has 0 aromatic heterocycles. The Balaban J connectivity index is 1.57. The van der Waals surface area contributed by atoms with Crippen molar-refractivity contribution in [2.75, 3.05) is 43.4 Å². The highest BCUT2D eigenvalue weighted by molar-refractivity contribution is 5.55. The van der Waals surface area contributed by atoms with Crippen LogP contribution in [-0.4, -0.2) is 43.2 Å². The van der Waals surface area contributed by atoms with E-state index in [0.29, 0.717) is 12.3 Å². The van der Waals surface area contributed by atoms with Crippen LogP contribution in [0.1, 0.15) is 5.56 Å². The fourth-order valence-electron chi connectivity index (χ4n) is 2.73. The first-order chi connectivity index (χ1) is 10.7. The van der Waals surface area contributed by atoms with Crippen LogP contribution in [0.5, 0.6) is 5.75 Å². The van der Waals surface area contributed by atoms with Crippen LogP contribution in [0.2, 0.25) is 0 Å². The Morgan fingerprint density at radius 2 is 1.73 bits per heavy atom. The van der Waals surface area contributed by atoms with Gasteiger partial charge in [0.1, 0.15) is 5.75 Å². The van der Waals surface area contributed by atoms with E-state index in [4.69, 9.17) is 0 Å². The van der Waals surface area contributed by atoms with Crippen molar-refractivity contribution in [1.29, 1.82) is 0 Å². The van der Waals surface area contributed by atoms with Gasteiger partial charge in [0.15, 0.2) is 0 Å². The van der Waals surface area contributed by atoms with E-state index in [-0.39, 0.29) is 0 Å². The highest BCUT2D eigenvalue weighted by atomic mass is 16.3. The van der Waals surface area contributed by atoms with Gasteiger partial charge < -0.3 is 20.2 Å². The molecule has 0 amide bonds. The van der Waals surface area contributed by atoms with Gasteiger partial charge >= 0.3 is 0 Å². The van der Waals surface area contributed by atoms with Gasteiger partial charge in [-0.05, 0) is 49.0 Å². The molecule has 2 aromatic rings. The minimum absolute atomic E-state index is 0.310. The molecule has 4 nitrogen and oxygen atoms in total. The Hall–Kier alpha value is -2.20. The Labute approximate surface area is 132 Å². The van der Waals surface area contributed by atoms with Crippen molar-refractivity contribution in [1.82, 2.24) is 4.90 Å². The van der Waals surface area contributed by atoms with Gasteiger partial charge in [-0.25, -0.2) is 0 Å². The molecule has 0 aliphatic carbocycles. The zero-order valence-electron chi connectivity index (χ0n) is 13.0. The zero-order chi connectivity index (χ0) is 15.4. The van der Waals surface area contributed by atoms with E-state index in [1.165, 1.54) is 5.69 Å². The van der Waals surface area contributed by atoms with Crippen LogP contribution >= 0.6 is 0 Å². The van der Waals surface area contributed by atoms with Gasteiger partial charge in [-0.1, -0.05) is 12.1 Å². The van der Waals surface area contributed by atoms with Crippen LogP contribution in [0.3, 0.4) is 0 Å². The topological polar surface area (TPSA) is 38.7 Å². The molecule has 1 fully saturated rings. The monoisotopic (exact) mass is 297 g/mol. The van der Waals surface area contributed by atoms with Crippen molar-refractivity contribution in [2.24, 2.45) is 0 Å². The Kier molecular flexibility index (Phi) is 4.49. The summed E-state index contributed by atoms with van der Waals surface area (Å²) in [5.74, 6) is 0.310. The van der Waals surface area contributed by atoms with Crippen molar-refractivity contribution < 1.29 is 5.11 Å². The van der Waals surface area contributed by atoms with Crippen molar-refractivity contribution in [3.8, 4) is 5.75 Å². The number of likely N-dealkylation sites (N-methyl/N-ethyl adjacent to an activating group) is 1. The third-order valence-electron chi connectivity index (χ3n) is 4.14. The number of hydrogen-bond acceptors (Lipinski definition) is 4. The van der Waals surface area contributed by atoms with Crippen LogP contribution in [-0.2, 0) is 6.54 Å². The fourth-order valence-corrected chi connectivity index (χ4v) is 2.73. The number of aromatic hydroxyl groups is 1. The molecule has 4 heteroatoms. The predicted octanol–water partition coefficient (Wildman–Crippen LogP) is 2.76. The molecule has 2 aromatic carbocycles. The summed E-state index contributed by atoms with van der Waals surface area (Å²) >= 11 is 0. The summed E-state index contributed by atoms with van der Waals surface area (Å²) in [7, 11) is 2.17. The molecule has 3 rings (SSSR count). The van der Waals surface area contributed by atoms with E-state index in [1.807, 2.05) is 12.1 Å². The predicted molar refractivity (Wildman–Crippen MR) is 91.6 cm³/mol. The number of phenolic OH excluding ortho intramolecular Hbond substituents is 1. The smallest absolute Gasteiger partial charge is 0.115 e. The summed E-state index contributed by atoms with van der Waals surface area (Å²) in [6.45, 7) is 5.14. The van der Waals surface area contributed by atoms with Crippen molar-refractivity contribution in [3.05, 3.63) is 54.1 Å². The van der Waals surface area contributed by atoms with E-state index < -0.39 is 0 Å². The lowest BCUT2D eigenvalue weighted by Gasteiger charge is -2.34. The van der Waals surface area contributed by atoms with Gasteiger partial charge in [0.05, 0.1) is 0 Å². The second kappa shape index (κ2) is 6.71. The molecular weight excluding hydrogens is 274 g/mol. The number of piperazine rings is 1. The van der Waals surface area contributed by atoms with Crippen LogP contribution < -0.4 is 10.2 Å². The van der Waals surface area contributed by atoms with Crippen molar-refractivity contribution >= 4 is 11.4 Å². The second-order valence-corrected chi connectivity index (χ2v) is 5.86. The summed E-state index contributed by atoms with van der Waals surface area (Å²) in [5.41, 5.74) is 3.46. The van der Waals surface area contributed by atoms with Gasteiger partial charge in [0, 0.05) is 44.1 Å². The molecule has 2 N–H and O–H groups in total. The lowest BCUT2D eigenvalue weighted by atomic mass is 10.2. The molecule has 0 unspecified atom stereocenters. The molecule has 0 atom stereocenters. The van der Waals surface area contributed by atoms with E-state index in [1.54, 1.807) is 12.1 Å². The first-order valence-electron chi connectivity index (χ1n) is 7.76. The Morgan fingerprint density at radius 3 is 2.41 bits per heavy atom. The maximum absolute atomic E-state index is 9.47. The summed E-state index contributed by atoms with van der Waals surface area (Å²) in [6.07, 6.45) is 0. The summed E-state index contributed by atoms with van der Waals surface area (Å²) < 4.78 is 0. The second-order valence-electron chi connectivity index (χ2n) is 5.86. The van der Waals surface area contributed by atoms with E-state index in [0.717, 1.165) is 37.4 Å². The van der Waals surface area contributed by atoms with Crippen molar-refractivity contribution in [3.63, 3.8) is 0 Å². The first kappa shape index (κ1) is 14.7. The first-order valence-corrected chi connectivity index (χ1v) is 7.76. The molecule has 0 radical (unpaired) electrons. The Morgan fingerprint density at radius 1 is 1.00 bits per heavy atom. The van der Waals surface area contributed by atoms with Crippen LogP contribution in [0.4, 0.5) is 11.4 Å². The zero-order valence-corrected chi connectivity index (χ0v) is 13.0. The number of rotatable bonds is 4. The number of hydrogen-bond donors (Lipinski definition) is 2. The SMILES string of the molecule is CN1CCN(c2ccc(NCc3cccc(O)c3)cc2)CC1. The van der Waals surface area contributed by atoms with Crippen LogP contribution in [0.15, 0.2) is 48.5 Å². The maximum atomic E-state index is 9.47. The largest absolute Gasteiger partial charge is 0.508 e. The third-order valence-corrected chi connectivity index (χ3v) is 4.14. The molecule has 116 valence electrons. The minimum Gasteiger partial charge on any atom is -0.508 e. The number of benzene rings is 2. The molecule has 0 spiro atoms. The van der Waals surface area contributed by atoms with Gasteiger partial charge in [0.2, 0.25) is 0 Å². The van der Waals surface area contributed by atoms with E-state index in [2.05, 4.69) is 46.4 Å². The van der Waals surface area contributed by atoms with Gasteiger partial charge in [-0.3, -0.25) is 0 Å². The molecule has 1 heterocycles. The number of phenols is 1. The fraction of sp³-hybridized carbons (Fsp3) is 0.333. The average Bonchev–Trinajstić information content (AvgIpc) is 2.54. The van der Waals surface area contributed by atoms with Crippen LogP contribution in [0, 0.1) is 0 Å². The molecule has 22 heavy (non-hydrogen) atoms. The summed E-state index contributed by atoms with van der Waals surface area (Å²) in [4.78, 5) is 4.79. The van der Waals surface area contributed by atoms with Gasteiger partial charge in [0.25, 0.3) is 0 Å². The number of nitrogens with one attached hydrogen (secondary N) is 1. The number of anilines is 2. The lowest BCUT2D eigenvalue weighted by Crippen LogP contribution is -2.44. The quantitative estimate of drug-likeness (QED) is 0.910. The standard InChI is InChI=1S/C18H23N3O/c1-20-9-11-21(12-10-20)17-7-5-16(6-8-17)19-14-15-3-2-4-18(22)13-15/h2-8,13,19,22H,9-12,14H2,1H3. The molecule has 1 saturated heterocycles. The van der Waals surface area contributed by atoms with Gasteiger partial charge in [-0.15, -0.1) is 0 Å². The maximum Gasteiger partial charge on any atom is 0.115 e. The minimum atomic E-state index is 0.310. The van der Waals surface area contributed by atoms with E-state index >= 15 is 0 Å². The highest BCUT2D eigenvalue weighted by Gasteiger charge is 2.13. The average molecular weight is 297 g/mol. The molecular formula is C18H23N3O.